The summed E-state index contributed by atoms with van der Waals surface area (Å²) >= 11 is 0. The average Bonchev–Trinajstić information content (AvgIpc) is 3.01. The van der Waals surface area contributed by atoms with E-state index in [1.807, 2.05) is 46.3 Å². The molecule has 0 radical (unpaired) electrons. The third-order valence-corrected chi connectivity index (χ3v) is 4.59. The smallest absolute Gasteiger partial charge is 0.410 e. The number of fused-ring (bicyclic) bond motifs is 1. The van der Waals surface area contributed by atoms with Crippen LogP contribution >= 0.6 is 0 Å². The topological polar surface area (TPSA) is 45.7 Å². The highest BCUT2D eigenvalue weighted by Crippen LogP contribution is 2.21. The fraction of sp³-hybridized carbons (Fsp3) is 0.500. The van der Waals surface area contributed by atoms with Crippen LogP contribution in [0.1, 0.15) is 32.8 Å². The lowest BCUT2D eigenvalue weighted by Gasteiger charge is -2.28. The van der Waals surface area contributed by atoms with Gasteiger partial charge in [0, 0.05) is 50.5 Å². The molecule has 2 heterocycles. The monoisotopic (exact) mass is 341 g/mol. The third kappa shape index (κ3) is 4.48. The van der Waals surface area contributed by atoms with Crippen LogP contribution in [0.15, 0.2) is 36.7 Å². The van der Waals surface area contributed by atoms with Gasteiger partial charge in [-0.2, -0.15) is 0 Å². The van der Waals surface area contributed by atoms with E-state index in [2.05, 4.69) is 28.1 Å². The van der Waals surface area contributed by atoms with Gasteiger partial charge in [-0.25, -0.2) is 4.79 Å². The molecule has 1 aromatic carbocycles. The molecular formula is C20H27N3O2. The van der Waals surface area contributed by atoms with E-state index in [-0.39, 0.29) is 12.1 Å². The molecule has 5 heteroatoms. The first-order valence-corrected chi connectivity index (χ1v) is 8.83. The van der Waals surface area contributed by atoms with Crippen LogP contribution < -0.4 is 0 Å². The molecule has 0 N–H and O–H groups in total. The molecule has 5 nitrogen and oxygen atoms in total. The minimum Gasteiger partial charge on any atom is -0.444 e. The number of likely N-dealkylation sites (tertiary alicyclic amines) is 1. The van der Waals surface area contributed by atoms with Crippen LogP contribution in [-0.4, -0.2) is 52.7 Å². The summed E-state index contributed by atoms with van der Waals surface area (Å²) in [6.45, 7) is 8.46. The van der Waals surface area contributed by atoms with Crippen molar-refractivity contribution in [1.82, 2.24) is 14.8 Å². The Morgan fingerprint density at radius 3 is 2.88 bits per heavy atom. The highest BCUT2D eigenvalue weighted by atomic mass is 16.6. The molecule has 0 bridgehead atoms. The molecule has 1 fully saturated rings. The van der Waals surface area contributed by atoms with E-state index < -0.39 is 5.60 Å². The van der Waals surface area contributed by atoms with Crippen LogP contribution in [0.25, 0.3) is 10.8 Å². The number of ether oxygens (including phenoxy) is 1. The molecule has 1 saturated heterocycles. The van der Waals surface area contributed by atoms with Gasteiger partial charge in [-0.15, -0.1) is 0 Å². The molecule has 1 atom stereocenters. The van der Waals surface area contributed by atoms with Gasteiger partial charge in [0.2, 0.25) is 0 Å². The average molecular weight is 341 g/mol. The Bertz CT molecular complexity index is 754. The SMILES string of the molecule is CN(C(=O)OC(C)(C)C)[C@H]1CCN(Cc2ccc3cnccc3c2)C1. The number of aromatic nitrogens is 1. The molecule has 0 spiro atoms. The van der Waals surface area contributed by atoms with Gasteiger partial charge in [0.25, 0.3) is 0 Å². The van der Waals surface area contributed by atoms with Gasteiger partial charge in [0.1, 0.15) is 5.60 Å². The molecule has 1 aliphatic rings. The third-order valence-electron chi connectivity index (χ3n) is 4.59. The van der Waals surface area contributed by atoms with Crippen molar-refractivity contribution in [3.63, 3.8) is 0 Å². The quantitative estimate of drug-likeness (QED) is 0.854. The van der Waals surface area contributed by atoms with Crippen LogP contribution in [-0.2, 0) is 11.3 Å². The Balaban J connectivity index is 1.59. The number of nitrogens with zero attached hydrogens (tertiary/aromatic N) is 3. The fourth-order valence-electron chi connectivity index (χ4n) is 3.24. The van der Waals surface area contributed by atoms with Gasteiger partial charge in [-0.05, 0) is 50.3 Å². The summed E-state index contributed by atoms with van der Waals surface area (Å²) in [5, 5.41) is 2.38. The number of rotatable bonds is 3. The molecule has 3 rings (SSSR count). The van der Waals surface area contributed by atoms with Gasteiger partial charge in [0.15, 0.2) is 0 Å². The summed E-state index contributed by atoms with van der Waals surface area (Å²) in [7, 11) is 1.84. The lowest BCUT2D eigenvalue weighted by molar-refractivity contribution is 0.0228. The number of pyridine rings is 1. The standard InChI is InChI=1S/C20H27N3O2/c1-20(2,3)25-19(24)22(4)18-8-10-23(14-18)13-15-5-6-17-12-21-9-7-16(17)11-15/h5-7,9,11-12,18H,8,10,13-14H2,1-4H3/t18-/m0/s1. The van der Waals surface area contributed by atoms with Gasteiger partial charge < -0.3 is 9.64 Å². The number of carbonyl (C=O) groups excluding carboxylic acids is 1. The van der Waals surface area contributed by atoms with Crippen LogP contribution in [0.4, 0.5) is 4.79 Å². The van der Waals surface area contributed by atoms with Crippen LogP contribution in [0.3, 0.4) is 0 Å². The first kappa shape index (κ1) is 17.7. The lowest BCUT2D eigenvalue weighted by atomic mass is 10.1. The number of hydrogen-bond acceptors (Lipinski definition) is 4. The Morgan fingerprint density at radius 1 is 1.32 bits per heavy atom. The second-order valence-electron chi connectivity index (χ2n) is 7.83. The highest BCUT2D eigenvalue weighted by molar-refractivity contribution is 5.81. The molecule has 0 saturated carbocycles. The Labute approximate surface area is 149 Å². The second-order valence-corrected chi connectivity index (χ2v) is 7.83. The van der Waals surface area contributed by atoms with Gasteiger partial charge in [0.05, 0.1) is 0 Å². The Kier molecular flexibility index (Phi) is 4.95. The van der Waals surface area contributed by atoms with Crippen molar-refractivity contribution in [2.45, 2.75) is 45.4 Å². The minimum absolute atomic E-state index is 0.208. The first-order valence-electron chi connectivity index (χ1n) is 8.83. The molecule has 1 amide bonds. The number of carbonyl (C=O) groups is 1. The van der Waals surface area contributed by atoms with E-state index in [0.717, 1.165) is 31.4 Å². The van der Waals surface area contributed by atoms with E-state index in [4.69, 9.17) is 4.74 Å². The predicted octanol–water partition coefficient (Wildman–Crippen LogP) is 3.68. The van der Waals surface area contributed by atoms with Crippen molar-refractivity contribution in [3.05, 3.63) is 42.2 Å². The number of benzene rings is 1. The van der Waals surface area contributed by atoms with E-state index in [9.17, 15) is 4.79 Å². The Morgan fingerprint density at radius 2 is 2.12 bits per heavy atom. The second kappa shape index (κ2) is 7.00. The number of likely N-dealkylation sites (N-methyl/N-ethyl adjacent to an activating group) is 1. The van der Waals surface area contributed by atoms with Crippen molar-refractivity contribution in [1.29, 1.82) is 0 Å². The van der Waals surface area contributed by atoms with E-state index in [0.29, 0.717) is 0 Å². The zero-order valence-corrected chi connectivity index (χ0v) is 15.5. The molecule has 1 aromatic heterocycles. The first-order chi connectivity index (χ1) is 11.8. The summed E-state index contributed by atoms with van der Waals surface area (Å²) in [6, 6.07) is 8.76. The van der Waals surface area contributed by atoms with Crippen LogP contribution in [0, 0.1) is 0 Å². The largest absolute Gasteiger partial charge is 0.444 e. The van der Waals surface area contributed by atoms with Crippen molar-refractivity contribution < 1.29 is 9.53 Å². The predicted molar refractivity (Wildman–Crippen MR) is 99.4 cm³/mol. The summed E-state index contributed by atoms with van der Waals surface area (Å²) in [5.41, 5.74) is 0.836. The van der Waals surface area contributed by atoms with Gasteiger partial charge >= 0.3 is 6.09 Å². The molecular weight excluding hydrogens is 314 g/mol. The Hall–Kier alpha value is -2.14. The maximum atomic E-state index is 12.2. The molecule has 1 aliphatic heterocycles. The number of amides is 1. The molecule has 0 aliphatic carbocycles. The highest BCUT2D eigenvalue weighted by Gasteiger charge is 2.30. The van der Waals surface area contributed by atoms with Crippen molar-refractivity contribution in [3.8, 4) is 0 Å². The minimum atomic E-state index is -0.455. The van der Waals surface area contributed by atoms with Gasteiger partial charge in [-0.1, -0.05) is 12.1 Å². The molecule has 2 aromatic rings. The van der Waals surface area contributed by atoms with Crippen LogP contribution in [0.2, 0.25) is 0 Å². The normalized spacial score (nSPS) is 18.5. The summed E-state index contributed by atoms with van der Waals surface area (Å²) in [5.74, 6) is 0. The zero-order valence-electron chi connectivity index (χ0n) is 15.5. The molecule has 134 valence electrons. The summed E-state index contributed by atoms with van der Waals surface area (Å²) < 4.78 is 5.48. The zero-order chi connectivity index (χ0) is 18.0. The fourth-order valence-corrected chi connectivity index (χ4v) is 3.24. The maximum Gasteiger partial charge on any atom is 0.410 e. The molecule has 0 unspecified atom stereocenters. The maximum absolute atomic E-state index is 12.2. The van der Waals surface area contributed by atoms with Crippen molar-refractivity contribution >= 4 is 16.9 Å². The summed E-state index contributed by atoms with van der Waals surface area (Å²) in [4.78, 5) is 20.5. The van der Waals surface area contributed by atoms with E-state index in [1.54, 1.807) is 4.90 Å². The number of hydrogen-bond donors (Lipinski definition) is 0. The van der Waals surface area contributed by atoms with Gasteiger partial charge in [-0.3, -0.25) is 9.88 Å². The lowest BCUT2D eigenvalue weighted by Crippen LogP contribution is -2.42. The summed E-state index contributed by atoms with van der Waals surface area (Å²) in [6.07, 6.45) is 4.46. The van der Waals surface area contributed by atoms with E-state index in [1.165, 1.54) is 10.9 Å². The van der Waals surface area contributed by atoms with Crippen molar-refractivity contribution in [2.75, 3.05) is 20.1 Å². The van der Waals surface area contributed by atoms with Crippen molar-refractivity contribution in [2.24, 2.45) is 0 Å². The molecule has 25 heavy (non-hydrogen) atoms. The van der Waals surface area contributed by atoms with E-state index >= 15 is 0 Å². The van der Waals surface area contributed by atoms with Crippen LogP contribution in [0.5, 0.6) is 0 Å².